The number of carbonyl (C=O) groups is 2. The number of rotatable bonds is 2. The fourth-order valence-electron chi connectivity index (χ4n) is 3.52. The number of hydrogen-bond acceptors (Lipinski definition) is 2. The summed E-state index contributed by atoms with van der Waals surface area (Å²) in [5, 5.41) is 0. The lowest BCUT2D eigenvalue weighted by Crippen LogP contribution is -2.38. The Labute approximate surface area is 132 Å². The van der Waals surface area contributed by atoms with Crippen LogP contribution in [0.25, 0.3) is 0 Å². The van der Waals surface area contributed by atoms with Gasteiger partial charge in [0.15, 0.2) is 0 Å². The molecule has 1 atom stereocenters. The average molecular weight is 300 g/mol. The Morgan fingerprint density at radius 3 is 2.45 bits per heavy atom. The first-order valence-corrected chi connectivity index (χ1v) is 8.31. The number of likely N-dealkylation sites (tertiary alicyclic amines) is 1. The summed E-state index contributed by atoms with van der Waals surface area (Å²) in [5.41, 5.74) is 2.03. The van der Waals surface area contributed by atoms with E-state index in [4.69, 9.17) is 0 Å². The summed E-state index contributed by atoms with van der Waals surface area (Å²) in [6.07, 6.45) is 4.96. The standard InChI is InChI=1S/C18H24N2O2/c1-14-8-4-5-9-16(14)20-13-15(12-17(20)21)18(22)19-10-6-2-3-7-11-19/h4-5,8-9,15H,2-3,6-7,10-13H2,1H3/t15-/m1/s1. The minimum Gasteiger partial charge on any atom is -0.342 e. The highest BCUT2D eigenvalue weighted by Gasteiger charge is 2.37. The summed E-state index contributed by atoms with van der Waals surface area (Å²) in [4.78, 5) is 28.8. The van der Waals surface area contributed by atoms with Crippen LogP contribution in [-0.4, -0.2) is 36.3 Å². The minimum absolute atomic E-state index is 0.0717. The van der Waals surface area contributed by atoms with Crippen molar-refractivity contribution in [3.63, 3.8) is 0 Å². The molecule has 22 heavy (non-hydrogen) atoms. The van der Waals surface area contributed by atoms with Crippen LogP contribution in [0.15, 0.2) is 24.3 Å². The summed E-state index contributed by atoms with van der Waals surface area (Å²) in [6.45, 7) is 4.24. The number of para-hydroxylation sites is 1. The van der Waals surface area contributed by atoms with Gasteiger partial charge in [0.2, 0.25) is 11.8 Å². The smallest absolute Gasteiger partial charge is 0.228 e. The van der Waals surface area contributed by atoms with Crippen LogP contribution in [0.3, 0.4) is 0 Å². The summed E-state index contributed by atoms with van der Waals surface area (Å²) >= 11 is 0. The number of carbonyl (C=O) groups excluding carboxylic acids is 2. The predicted octanol–water partition coefficient (Wildman–Crippen LogP) is 2.75. The first-order chi connectivity index (χ1) is 10.7. The minimum atomic E-state index is -0.176. The van der Waals surface area contributed by atoms with Gasteiger partial charge in [0.05, 0.1) is 5.92 Å². The van der Waals surface area contributed by atoms with E-state index < -0.39 is 0 Å². The zero-order valence-electron chi connectivity index (χ0n) is 13.3. The molecule has 0 aliphatic carbocycles. The molecule has 1 aromatic carbocycles. The van der Waals surface area contributed by atoms with E-state index in [0.717, 1.165) is 37.2 Å². The van der Waals surface area contributed by atoms with Crippen molar-refractivity contribution in [2.45, 2.75) is 39.0 Å². The van der Waals surface area contributed by atoms with E-state index in [-0.39, 0.29) is 17.7 Å². The molecule has 118 valence electrons. The lowest BCUT2D eigenvalue weighted by atomic mass is 10.1. The Kier molecular flexibility index (Phi) is 4.46. The maximum absolute atomic E-state index is 12.7. The molecule has 0 bridgehead atoms. The number of aryl methyl sites for hydroxylation is 1. The molecular formula is C18H24N2O2. The van der Waals surface area contributed by atoms with Gasteiger partial charge >= 0.3 is 0 Å². The summed E-state index contributed by atoms with van der Waals surface area (Å²) in [5.74, 6) is 0.0685. The first kappa shape index (κ1) is 15.1. The van der Waals surface area contributed by atoms with Crippen LogP contribution in [-0.2, 0) is 9.59 Å². The van der Waals surface area contributed by atoms with Crippen molar-refractivity contribution in [2.24, 2.45) is 5.92 Å². The number of benzene rings is 1. The first-order valence-electron chi connectivity index (χ1n) is 8.31. The largest absolute Gasteiger partial charge is 0.342 e. The van der Waals surface area contributed by atoms with Crippen LogP contribution in [0, 0.1) is 12.8 Å². The molecule has 0 N–H and O–H groups in total. The van der Waals surface area contributed by atoms with Crippen molar-refractivity contribution < 1.29 is 9.59 Å². The Hall–Kier alpha value is -1.84. The summed E-state index contributed by atoms with van der Waals surface area (Å²) in [6, 6.07) is 7.89. The van der Waals surface area contributed by atoms with E-state index >= 15 is 0 Å². The van der Waals surface area contributed by atoms with Crippen LogP contribution < -0.4 is 4.90 Å². The van der Waals surface area contributed by atoms with Crippen LogP contribution in [0.2, 0.25) is 0 Å². The van der Waals surface area contributed by atoms with Gasteiger partial charge in [-0.3, -0.25) is 9.59 Å². The molecule has 2 aliphatic rings. The number of nitrogens with zero attached hydrogens (tertiary/aromatic N) is 2. The quantitative estimate of drug-likeness (QED) is 0.842. The van der Waals surface area contributed by atoms with Crippen molar-refractivity contribution in [1.82, 2.24) is 4.90 Å². The molecule has 2 heterocycles. The van der Waals surface area contributed by atoms with Gasteiger partial charge in [0.25, 0.3) is 0 Å². The molecule has 0 saturated carbocycles. The summed E-state index contributed by atoms with van der Waals surface area (Å²) in [7, 11) is 0. The van der Waals surface area contributed by atoms with E-state index in [9.17, 15) is 9.59 Å². The third-order valence-corrected chi connectivity index (χ3v) is 4.80. The van der Waals surface area contributed by atoms with Crippen LogP contribution >= 0.6 is 0 Å². The highest BCUT2D eigenvalue weighted by atomic mass is 16.2. The highest BCUT2D eigenvalue weighted by Crippen LogP contribution is 2.29. The molecule has 4 heteroatoms. The van der Waals surface area contributed by atoms with Gasteiger partial charge in [-0.05, 0) is 31.4 Å². The fraction of sp³-hybridized carbons (Fsp3) is 0.556. The van der Waals surface area contributed by atoms with Gasteiger partial charge in [-0.15, -0.1) is 0 Å². The van der Waals surface area contributed by atoms with E-state index in [1.165, 1.54) is 12.8 Å². The molecular weight excluding hydrogens is 276 g/mol. The van der Waals surface area contributed by atoms with Gasteiger partial charge < -0.3 is 9.80 Å². The third-order valence-electron chi connectivity index (χ3n) is 4.80. The van der Waals surface area contributed by atoms with E-state index in [0.29, 0.717) is 13.0 Å². The average Bonchev–Trinajstić information content (AvgIpc) is 2.74. The van der Waals surface area contributed by atoms with Crippen molar-refractivity contribution in [3.8, 4) is 0 Å². The Morgan fingerprint density at radius 2 is 1.77 bits per heavy atom. The maximum Gasteiger partial charge on any atom is 0.228 e. The predicted molar refractivity (Wildman–Crippen MR) is 86.7 cm³/mol. The van der Waals surface area contributed by atoms with Gasteiger partial charge in [-0.1, -0.05) is 31.0 Å². The molecule has 0 spiro atoms. The van der Waals surface area contributed by atoms with Gasteiger partial charge in [-0.25, -0.2) is 0 Å². The van der Waals surface area contributed by atoms with Crippen molar-refractivity contribution in [1.29, 1.82) is 0 Å². The van der Waals surface area contributed by atoms with Crippen molar-refractivity contribution >= 4 is 17.5 Å². The lowest BCUT2D eigenvalue weighted by molar-refractivity contribution is -0.135. The zero-order chi connectivity index (χ0) is 15.5. The van der Waals surface area contributed by atoms with E-state index in [1.54, 1.807) is 4.90 Å². The molecule has 1 aromatic rings. The molecule has 0 radical (unpaired) electrons. The second-order valence-electron chi connectivity index (χ2n) is 6.43. The molecule has 4 nitrogen and oxygen atoms in total. The fourth-order valence-corrected chi connectivity index (χ4v) is 3.52. The normalized spacial score (nSPS) is 22.8. The molecule has 2 fully saturated rings. The second-order valence-corrected chi connectivity index (χ2v) is 6.43. The lowest BCUT2D eigenvalue weighted by Gasteiger charge is -2.24. The summed E-state index contributed by atoms with van der Waals surface area (Å²) < 4.78 is 0. The molecule has 0 unspecified atom stereocenters. The topological polar surface area (TPSA) is 40.6 Å². The van der Waals surface area contributed by atoms with Gasteiger partial charge in [0, 0.05) is 31.7 Å². The second kappa shape index (κ2) is 6.51. The SMILES string of the molecule is Cc1ccccc1N1C[C@H](C(=O)N2CCCCCC2)CC1=O. The Morgan fingerprint density at radius 1 is 1.09 bits per heavy atom. The highest BCUT2D eigenvalue weighted by molar-refractivity contribution is 6.00. The van der Waals surface area contributed by atoms with Crippen LogP contribution in [0.1, 0.15) is 37.7 Å². The maximum atomic E-state index is 12.7. The van der Waals surface area contributed by atoms with Crippen LogP contribution in [0.4, 0.5) is 5.69 Å². The van der Waals surface area contributed by atoms with Crippen molar-refractivity contribution in [2.75, 3.05) is 24.5 Å². The van der Waals surface area contributed by atoms with Crippen molar-refractivity contribution in [3.05, 3.63) is 29.8 Å². The number of hydrogen-bond donors (Lipinski definition) is 0. The zero-order valence-corrected chi connectivity index (χ0v) is 13.3. The molecule has 2 amide bonds. The van der Waals surface area contributed by atoms with E-state index in [2.05, 4.69) is 0 Å². The number of amides is 2. The Bertz CT molecular complexity index is 562. The third kappa shape index (κ3) is 3.01. The van der Waals surface area contributed by atoms with Gasteiger partial charge in [0.1, 0.15) is 0 Å². The van der Waals surface area contributed by atoms with Crippen LogP contribution in [0.5, 0.6) is 0 Å². The molecule has 3 rings (SSSR count). The molecule has 2 aliphatic heterocycles. The van der Waals surface area contributed by atoms with E-state index in [1.807, 2.05) is 36.1 Å². The molecule has 2 saturated heterocycles. The van der Waals surface area contributed by atoms with Gasteiger partial charge in [-0.2, -0.15) is 0 Å². The number of anilines is 1. The molecule has 0 aromatic heterocycles. The monoisotopic (exact) mass is 300 g/mol. The Balaban J connectivity index is 1.71.